The standard InChI is InChI=1S/C9H20N2O2S/c1-8(7-10)14(12,13)11-9-5-3-2-4-6-9/h8-9,11H,2-7,10H2,1H3. The molecule has 0 spiro atoms. The van der Waals surface area contributed by atoms with Gasteiger partial charge < -0.3 is 5.73 Å². The highest BCUT2D eigenvalue weighted by atomic mass is 32.2. The Balaban J connectivity index is 2.49. The van der Waals surface area contributed by atoms with Crippen LogP contribution in [0.5, 0.6) is 0 Å². The summed E-state index contributed by atoms with van der Waals surface area (Å²) in [6.07, 6.45) is 5.42. The molecule has 0 bridgehead atoms. The van der Waals surface area contributed by atoms with Gasteiger partial charge in [-0.15, -0.1) is 0 Å². The molecule has 1 aliphatic carbocycles. The maximum absolute atomic E-state index is 11.6. The van der Waals surface area contributed by atoms with E-state index >= 15 is 0 Å². The van der Waals surface area contributed by atoms with E-state index in [0.717, 1.165) is 25.7 Å². The van der Waals surface area contributed by atoms with Crippen LogP contribution in [-0.4, -0.2) is 26.3 Å². The lowest BCUT2D eigenvalue weighted by Gasteiger charge is -2.24. The SMILES string of the molecule is CC(CN)S(=O)(=O)NC1CCCCC1. The Kier molecular flexibility index (Phi) is 4.34. The van der Waals surface area contributed by atoms with Crippen LogP contribution in [0.3, 0.4) is 0 Å². The number of sulfonamides is 1. The Bertz CT molecular complexity index is 258. The van der Waals surface area contributed by atoms with Crippen molar-refractivity contribution in [3.8, 4) is 0 Å². The van der Waals surface area contributed by atoms with Gasteiger partial charge in [-0.3, -0.25) is 0 Å². The van der Waals surface area contributed by atoms with Gasteiger partial charge in [0, 0.05) is 12.6 Å². The Hall–Kier alpha value is -0.130. The second kappa shape index (κ2) is 5.09. The molecule has 1 rings (SSSR count). The van der Waals surface area contributed by atoms with Crippen molar-refractivity contribution >= 4 is 10.0 Å². The summed E-state index contributed by atoms with van der Waals surface area (Å²) in [5.41, 5.74) is 5.34. The zero-order chi connectivity index (χ0) is 10.6. The van der Waals surface area contributed by atoms with Gasteiger partial charge in [-0.05, 0) is 19.8 Å². The van der Waals surface area contributed by atoms with Gasteiger partial charge in [-0.25, -0.2) is 13.1 Å². The second-order valence-electron chi connectivity index (χ2n) is 4.04. The van der Waals surface area contributed by atoms with Crippen LogP contribution in [-0.2, 0) is 10.0 Å². The van der Waals surface area contributed by atoms with Gasteiger partial charge in [0.1, 0.15) is 0 Å². The zero-order valence-corrected chi connectivity index (χ0v) is 9.52. The van der Waals surface area contributed by atoms with Gasteiger partial charge in [0.25, 0.3) is 0 Å². The quantitative estimate of drug-likeness (QED) is 0.728. The molecule has 0 aromatic carbocycles. The predicted octanol–water partition coefficient (Wildman–Crippen LogP) is 0.586. The van der Waals surface area contributed by atoms with Crippen LogP contribution < -0.4 is 10.5 Å². The van der Waals surface area contributed by atoms with Crippen molar-refractivity contribution in [2.24, 2.45) is 5.73 Å². The number of hydrogen-bond acceptors (Lipinski definition) is 3. The maximum atomic E-state index is 11.6. The summed E-state index contributed by atoms with van der Waals surface area (Å²) < 4.78 is 26.0. The van der Waals surface area contributed by atoms with E-state index < -0.39 is 15.3 Å². The summed E-state index contributed by atoms with van der Waals surface area (Å²) in [5, 5.41) is -0.482. The Morgan fingerprint density at radius 2 is 1.93 bits per heavy atom. The molecule has 0 saturated heterocycles. The molecular weight excluding hydrogens is 200 g/mol. The summed E-state index contributed by atoms with van der Waals surface area (Å²) >= 11 is 0. The minimum atomic E-state index is -3.18. The summed E-state index contributed by atoms with van der Waals surface area (Å²) in [6, 6.07) is 0.141. The van der Waals surface area contributed by atoms with Crippen LogP contribution in [0, 0.1) is 0 Å². The molecule has 1 atom stereocenters. The fourth-order valence-electron chi connectivity index (χ4n) is 1.70. The highest BCUT2D eigenvalue weighted by Gasteiger charge is 2.24. The van der Waals surface area contributed by atoms with E-state index in [-0.39, 0.29) is 12.6 Å². The van der Waals surface area contributed by atoms with Crippen molar-refractivity contribution in [2.75, 3.05) is 6.54 Å². The summed E-state index contributed by atoms with van der Waals surface area (Å²) in [4.78, 5) is 0. The molecule has 0 aromatic heterocycles. The first kappa shape index (κ1) is 11.9. The molecule has 3 N–H and O–H groups in total. The zero-order valence-electron chi connectivity index (χ0n) is 8.70. The molecule has 1 saturated carbocycles. The van der Waals surface area contributed by atoms with Gasteiger partial charge in [-0.2, -0.15) is 0 Å². The third-order valence-electron chi connectivity index (χ3n) is 2.80. The van der Waals surface area contributed by atoms with E-state index in [9.17, 15) is 8.42 Å². The Morgan fingerprint density at radius 1 is 1.36 bits per heavy atom. The molecule has 5 heteroatoms. The largest absolute Gasteiger partial charge is 0.329 e. The number of hydrogen-bond donors (Lipinski definition) is 2. The van der Waals surface area contributed by atoms with E-state index in [1.165, 1.54) is 6.42 Å². The van der Waals surface area contributed by atoms with Gasteiger partial charge in [0.05, 0.1) is 5.25 Å². The smallest absolute Gasteiger partial charge is 0.215 e. The molecule has 0 radical (unpaired) electrons. The molecule has 1 unspecified atom stereocenters. The van der Waals surface area contributed by atoms with Crippen LogP contribution >= 0.6 is 0 Å². The molecule has 84 valence electrons. The van der Waals surface area contributed by atoms with Crippen molar-refractivity contribution in [1.82, 2.24) is 4.72 Å². The fraction of sp³-hybridized carbons (Fsp3) is 1.00. The fourth-order valence-corrected chi connectivity index (χ4v) is 2.88. The van der Waals surface area contributed by atoms with Crippen molar-refractivity contribution in [3.05, 3.63) is 0 Å². The van der Waals surface area contributed by atoms with Crippen molar-refractivity contribution in [1.29, 1.82) is 0 Å². The third-order valence-corrected chi connectivity index (χ3v) is 4.71. The third kappa shape index (κ3) is 3.22. The van der Waals surface area contributed by atoms with Crippen molar-refractivity contribution < 1.29 is 8.42 Å². The molecule has 0 amide bonds. The van der Waals surface area contributed by atoms with E-state index in [2.05, 4.69) is 4.72 Å². The number of nitrogens with one attached hydrogen (secondary N) is 1. The molecule has 14 heavy (non-hydrogen) atoms. The van der Waals surface area contributed by atoms with Crippen LogP contribution in [0.15, 0.2) is 0 Å². The summed E-state index contributed by atoms with van der Waals surface area (Å²) in [5.74, 6) is 0. The van der Waals surface area contributed by atoms with Crippen LogP contribution in [0.25, 0.3) is 0 Å². The van der Waals surface area contributed by atoms with E-state index in [0.29, 0.717) is 0 Å². The predicted molar refractivity (Wildman–Crippen MR) is 57.4 cm³/mol. The van der Waals surface area contributed by atoms with Crippen molar-refractivity contribution in [2.45, 2.75) is 50.3 Å². The normalized spacial score (nSPS) is 22.1. The summed E-state index contributed by atoms with van der Waals surface area (Å²) in [7, 11) is -3.18. The number of rotatable bonds is 4. The van der Waals surface area contributed by atoms with Gasteiger partial charge in [-0.1, -0.05) is 19.3 Å². The lowest BCUT2D eigenvalue weighted by atomic mass is 9.96. The average Bonchev–Trinajstić information content (AvgIpc) is 2.17. The van der Waals surface area contributed by atoms with Crippen LogP contribution in [0.1, 0.15) is 39.0 Å². The first-order chi connectivity index (χ1) is 6.56. The minimum absolute atomic E-state index is 0.141. The molecular formula is C9H20N2O2S. The lowest BCUT2D eigenvalue weighted by Crippen LogP contribution is -2.43. The highest BCUT2D eigenvalue weighted by Crippen LogP contribution is 2.18. The molecule has 1 fully saturated rings. The molecule has 0 heterocycles. The second-order valence-corrected chi connectivity index (χ2v) is 6.17. The minimum Gasteiger partial charge on any atom is -0.329 e. The molecule has 0 aromatic rings. The van der Waals surface area contributed by atoms with Crippen LogP contribution in [0.2, 0.25) is 0 Å². The van der Waals surface area contributed by atoms with Gasteiger partial charge in [0.2, 0.25) is 10.0 Å². The van der Waals surface area contributed by atoms with E-state index in [4.69, 9.17) is 5.73 Å². The summed E-state index contributed by atoms with van der Waals surface area (Å²) in [6.45, 7) is 1.83. The average molecular weight is 220 g/mol. The van der Waals surface area contributed by atoms with E-state index in [1.807, 2.05) is 0 Å². The topological polar surface area (TPSA) is 72.2 Å². The Morgan fingerprint density at radius 3 is 2.43 bits per heavy atom. The molecule has 4 nitrogen and oxygen atoms in total. The van der Waals surface area contributed by atoms with Crippen LogP contribution in [0.4, 0.5) is 0 Å². The monoisotopic (exact) mass is 220 g/mol. The highest BCUT2D eigenvalue weighted by molar-refractivity contribution is 7.90. The first-order valence-corrected chi connectivity index (χ1v) is 6.82. The van der Waals surface area contributed by atoms with E-state index in [1.54, 1.807) is 6.92 Å². The lowest BCUT2D eigenvalue weighted by molar-refractivity contribution is 0.410. The Labute approximate surface area is 86.3 Å². The van der Waals surface area contributed by atoms with Gasteiger partial charge >= 0.3 is 0 Å². The molecule has 1 aliphatic rings. The molecule has 0 aliphatic heterocycles. The maximum Gasteiger partial charge on any atom is 0.215 e. The van der Waals surface area contributed by atoms with Gasteiger partial charge in [0.15, 0.2) is 0 Å². The number of nitrogens with two attached hydrogens (primary N) is 1. The van der Waals surface area contributed by atoms with Crippen molar-refractivity contribution in [3.63, 3.8) is 0 Å². The first-order valence-electron chi connectivity index (χ1n) is 5.27.